The molecular formula is C41H63N5O4. The third kappa shape index (κ3) is 10.2. The van der Waals surface area contributed by atoms with Crippen LogP contribution in [0, 0.1) is 5.92 Å². The summed E-state index contributed by atoms with van der Waals surface area (Å²) in [6.07, 6.45) is 17.9. The van der Waals surface area contributed by atoms with Gasteiger partial charge in [0.15, 0.2) is 0 Å². The Balaban J connectivity index is 1.46. The van der Waals surface area contributed by atoms with Crippen molar-refractivity contribution in [1.29, 1.82) is 0 Å². The number of amides is 2. The molecule has 2 atom stereocenters. The van der Waals surface area contributed by atoms with Crippen LogP contribution < -0.4 is 0 Å². The number of ether oxygens (including phenoxy) is 2. The first-order valence-electron chi connectivity index (χ1n) is 18.9. The van der Waals surface area contributed by atoms with Crippen molar-refractivity contribution in [1.82, 2.24) is 19.4 Å². The number of aromatic nitrogens is 2. The summed E-state index contributed by atoms with van der Waals surface area (Å²) >= 11 is 0. The Bertz CT molecular complexity index is 1540. The lowest BCUT2D eigenvalue weighted by Gasteiger charge is -2.32. The number of hydrogen-bond acceptors (Lipinski definition) is 6. The molecule has 1 aromatic heterocycles. The molecule has 50 heavy (non-hydrogen) atoms. The number of rotatable bonds is 8. The highest BCUT2D eigenvalue weighted by Crippen LogP contribution is 2.37. The van der Waals surface area contributed by atoms with E-state index in [1.54, 1.807) is 4.90 Å². The van der Waals surface area contributed by atoms with E-state index < -0.39 is 11.2 Å². The van der Waals surface area contributed by atoms with Gasteiger partial charge in [0.25, 0.3) is 0 Å². The molecule has 4 rings (SSSR count). The van der Waals surface area contributed by atoms with E-state index in [1.807, 2.05) is 60.4 Å². The summed E-state index contributed by atoms with van der Waals surface area (Å²) in [6.45, 7) is 21.4. The number of carbonyl (C=O) groups is 2. The summed E-state index contributed by atoms with van der Waals surface area (Å²) in [5.74, 6) is 1.41. The van der Waals surface area contributed by atoms with Crippen LogP contribution in [0.25, 0.3) is 5.57 Å². The van der Waals surface area contributed by atoms with E-state index >= 15 is 0 Å². The summed E-state index contributed by atoms with van der Waals surface area (Å²) in [7, 11) is 2.03. The molecule has 0 radical (unpaired) electrons. The lowest BCUT2D eigenvalue weighted by atomic mass is 9.84. The van der Waals surface area contributed by atoms with E-state index in [-0.39, 0.29) is 18.2 Å². The molecule has 2 saturated heterocycles. The maximum Gasteiger partial charge on any atom is 0.414 e. The minimum atomic E-state index is -0.534. The van der Waals surface area contributed by atoms with Crippen molar-refractivity contribution in [3.63, 3.8) is 0 Å². The van der Waals surface area contributed by atoms with Crippen molar-refractivity contribution in [3.05, 3.63) is 58.5 Å². The van der Waals surface area contributed by atoms with Crippen LogP contribution in [0.4, 0.5) is 9.59 Å². The van der Waals surface area contributed by atoms with Crippen molar-refractivity contribution in [3.8, 4) is 0 Å². The van der Waals surface area contributed by atoms with Gasteiger partial charge in [0.2, 0.25) is 0 Å². The molecule has 1 aromatic rings. The number of likely N-dealkylation sites (tertiary alicyclic amines) is 2. The average Bonchev–Trinajstić information content (AvgIpc) is 3.69. The Hall–Kier alpha value is -3.62. The van der Waals surface area contributed by atoms with E-state index in [4.69, 9.17) is 19.5 Å². The normalized spacial score (nSPS) is 22.5. The number of piperidine rings is 1. The summed E-state index contributed by atoms with van der Waals surface area (Å²) in [5.41, 5.74) is 6.80. The molecule has 0 saturated carbocycles. The largest absolute Gasteiger partial charge is 0.444 e. The van der Waals surface area contributed by atoms with Gasteiger partial charge in [-0.3, -0.25) is 14.8 Å². The van der Waals surface area contributed by atoms with Crippen LogP contribution in [-0.2, 0) is 16.5 Å². The fourth-order valence-electron chi connectivity index (χ4n) is 7.16. The molecule has 0 bridgehead atoms. The predicted molar refractivity (Wildman–Crippen MR) is 203 cm³/mol. The van der Waals surface area contributed by atoms with E-state index in [0.717, 1.165) is 92.8 Å². The van der Waals surface area contributed by atoms with Gasteiger partial charge in [0, 0.05) is 37.7 Å². The highest BCUT2D eigenvalue weighted by Gasteiger charge is 2.36. The molecule has 276 valence electrons. The number of carbonyl (C=O) groups excluding carboxylic acids is 2. The van der Waals surface area contributed by atoms with Gasteiger partial charge in [-0.25, -0.2) is 14.6 Å². The fourth-order valence-corrected chi connectivity index (χ4v) is 7.16. The molecule has 3 heterocycles. The number of aryl methyl sites for hydroxylation is 1. The minimum Gasteiger partial charge on any atom is -0.444 e. The average molecular weight is 690 g/mol. The van der Waals surface area contributed by atoms with Crippen LogP contribution in [0.15, 0.2) is 52.0 Å². The van der Waals surface area contributed by atoms with Crippen molar-refractivity contribution in [2.24, 2.45) is 18.0 Å². The quantitative estimate of drug-likeness (QED) is 0.200. The molecule has 3 aliphatic rings. The molecule has 2 aliphatic heterocycles. The zero-order chi connectivity index (χ0) is 36.8. The first-order chi connectivity index (χ1) is 23.5. The molecule has 0 spiro atoms. The molecular weight excluding hydrogens is 626 g/mol. The van der Waals surface area contributed by atoms with Gasteiger partial charge in [0.1, 0.15) is 17.0 Å². The Kier molecular flexibility index (Phi) is 13.0. The molecule has 2 amide bonds. The number of hydrogen-bond donors (Lipinski definition) is 0. The Morgan fingerprint density at radius 3 is 2.24 bits per heavy atom. The number of allylic oxidation sites excluding steroid dienone is 8. The van der Waals surface area contributed by atoms with Gasteiger partial charge in [-0.1, -0.05) is 37.6 Å². The van der Waals surface area contributed by atoms with Crippen LogP contribution in [0.2, 0.25) is 0 Å². The highest BCUT2D eigenvalue weighted by atomic mass is 16.6. The number of aliphatic imine (C=N–C) groups is 1. The van der Waals surface area contributed by atoms with Crippen molar-refractivity contribution in [2.45, 2.75) is 151 Å². The number of nitrogens with zero attached hydrogens (tertiary/aromatic N) is 5. The predicted octanol–water partition coefficient (Wildman–Crippen LogP) is 10.5. The first kappa shape index (κ1) is 39.2. The van der Waals surface area contributed by atoms with Crippen LogP contribution in [0.1, 0.15) is 151 Å². The first-order valence-corrected chi connectivity index (χ1v) is 18.9. The van der Waals surface area contributed by atoms with Crippen LogP contribution in [-0.4, -0.2) is 61.5 Å². The maximum atomic E-state index is 13.0. The lowest BCUT2D eigenvalue weighted by Crippen LogP contribution is -2.39. The molecule has 0 N–H and O–H groups in total. The van der Waals surface area contributed by atoms with E-state index in [1.165, 1.54) is 16.7 Å². The smallest absolute Gasteiger partial charge is 0.414 e. The Morgan fingerprint density at radius 1 is 0.920 bits per heavy atom. The topological polar surface area (TPSA) is 89.3 Å². The second kappa shape index (κ2) is 16.6. The standard InChI is InChI=1S/C41H63N5O4/c1-12-30(33(13-2)42-29(4)35-17-14-15-25-45(35)38(47)49-40(5,6)7)20-19-28(3)31-21-23-32(24-22-31)34-27-44(11)37(43-34)36-18-16-26-46(36)39(48)50-41(8,9)10/h19-20,23,27,31,36H,12-18,21-22,24-26H2,1-11H3/b28-19?,30-20+,35-29-,42-33+. The maximum absolute atomic E-state index is 13.0. The summed E-state index contributed by atoms with van der Waals surface area (Å²) in [5, 5.41) is 0. The third-order valence-electron chi connectivity index (χ3n) is 9.81. The van der Waals surface area contributed by atoms with Gasteiger partial charge in [-0.15, -0.1) is 0 Å². The lowest BCUT2D eigenvalue weighted by molar-refractivity contribution is 0.0214. The van der Waals surface area contributed by atoms with Gasteiger partial charge in [0.05, 0.1) is 17.4 Å². The number of imidazole rings is 1. The Labute approximate surface area is 301 Å². The van der Waals surface area contributed by atoms with Crippen molar-refractivity contribution >= 4 is 23.5 Å². The van der Waals surface area contributed by atoms with Crippen molar-refractivity contribution < 1.29 is 19.1 Å². The van der Waals surface area contributed by atoms with Gasteiger partial charge < -0.3 is 14.0 Å². The third-order valence-corrected chi connectivity index (χ3v) is 9.81. The summed E-state index contributed by atoms with van der Waals surface area (Å²) in [6, 6.07) is -0.0617. The SMILES string of the molecule is CCC(=C\C=C(C)C1CC=C(c2cn(C)c(C3CCCN3C(=O)OC(C)(C)C)n2)CC1)/C(CC)=N/C(C)=C1/CCCCN1C(=O)OC(C)(C)C. The van der Waals surface area contributed by atoms with Gasteiger partial charge in [-0.2, -0.15) is 0 Å². The second-order valence-corrected chi connectivity index (χ2v) is 16.1. The van der Waals surface area contributed by atoms with E-state index in [2.05, 4.69) is 49.8 Å². The summed E-state index contributed by atoms with van der Waals surface area (Å²) < 4.78 is 13.5. The van der Waals surface area contributed by atoms with Gasteiger partial charge >= 0.3 is 12.2 Å². The van der Waals surface area contributed by atoms with Crippen LogP contribution in [0.3, 0.4) is 0 Å². The summed E-state index contributed by atoms with van der Waals surface area (Å²) in [4.78, 5) is 39.8. The van der Waals surface area contributed by atoms with Gasteiger partial charge in [-0.05, 0) is 137 Å². The van der Waals surface area contributed by atoms with Crippen LogP contribution in [0.5, 0.6) is 0 Å². The molecule has 9 nitrogen and oxygen atoms in total. The zero-order valence-electron chi connectivity index (χ0n) is 32.8. The highest BCUT2D eigenvalue weighted by molar-refractivity contribution is 6.00. The minimum absolute atomic E-state index is 0.0617. The molecule has 0 aromatic carbocycles. The zero-order valence-corrected chi connectivity index (χ0v) is 32.8. The fraction of sp³-hybridized carbons (Fsp3) is 0.659. The molecule has 1 aliphatic carbocycles. The van der Waals surface area contributed by atoms with Crippen molar-refractivity contribution in [2.75, 3.05) is 13.1 Å². The monoisotopic (exact) mass is 689 g/mol. The molecule has 2 fully saturated rings. The second-order valence-electron chi connectivity index (χ2n) is 16.1. The van der Waals surface area contributed by atoms with Crippen LogP contribution >= 0.6 is 0 Å². The van der Waals surface area contributed by atoms with E-state index in [0.29, 0.717) is 19.0 Å². The molecule has 9 heteroatoms. The van der Waals surface area contributed by atoms with E-state index in [9.17, 15) is 9.59 Å². The Morgan fingerprint density at radius 2 is 1.62 bits per heavy atom. The molecule has 2 unspecified atom stereocenters.